The van der Waals surface area contributed by atoms with Crippen molar-refractivity contribution < 1.29 is 24.3 Å². The maximum Gasteiger partial charge on any atom is 0.319 e. The molecular formula is C40H49N5O5. The molecule has 5 amide bonds. The molecule has 50 heavy (non-hydrogen) atoms. The third-order valence-corrected chi connectivity index (χ3v) is 9.66. The van der Waals surface area contributed by atoms with E-state index in [9.17, 15) is 24.3 Å². The van der Waals surface area contributed by atoms with Crippen LogP contribution in [0.2, 0.25) is 0 Å². The van der Waals surface area contributed by atoms with Crippen molar-refractivity contribution in [2.75, 3.05) is 25.0 Å². The second kappa shape index (κ2) is 17.0. The van der Waals surface area contributed by atoms with Gasteiger partial charge in [0.2, 0.25) is 17.7 Å². The number of anilines is 1. The van der Waals surface area contributed by atoms with Crippen LogP contribution in [0.4, 0.5) is 10.5 Å². The normalized spacial score (nSPS) is 19.1. The summed E-state index contributed by atoms with van der Waals surface area (Å²) in [4.78, 5) is 62.2. The summed E-state index contributed by atoms with van der Waals surface area (Å²) in [6.45, 7) is 7.02. The number of rotatable bonds is 13. The predicted molar refractivity (Wildman–Crippen MR) is 194 cm³/mol. The summed E-state index contributed by atoms with van der Waals surface area (Å²) in [5, 5.41) is 13.0. The summed E-state index contributed by atoms with van der Waals surface area (Å²) >= 11 is 0. The van der Waals surface area contributed by atoms with E-state index in [0.717, 1.165) is 41.6 Å². The highest BCUT2D eigenvalue weighted by Gasteiger charge is 2.48. The Kier molecular flexibility index (Phi) is 12.3. The number of piperazine rings is 1. The second-order valence-electron chi connectivity index (χ2n) is 13.4. The van der Waals surface area contributed by atoms with Gasteiger partial charge in [0, 0.05) is 51.6 Å². The molecule has 0 radical (unpaired) electrons. The molecular weight excluding hydrogens is 630 g/mol. The molecule has 0 saturated carbocycles. The molecule has 3 aromatic rings. The average Bonchev–Trinajstić information content (AvgIpc) is 3.25. The SMILES string of the molecule is C=CCC1CC(=O)N2[C@H](CN(Cc3cccc(N(C)C(=O)CCCCC)c3)C(=O)[C@@H]2Cc2ccc(O)cc2)N(C(=O)NCc2ccccc2)C1. The van der Waals surface area contributed by atoms with Gasteiger partial charge in [-0.2, -0.15) is 0 Å². The van der Waals surface area contributed by atoms with Crippen LogP contribution in [0, 0.1) is 5.92 Å². The number of nitrogens with one attached hydrogen (secondary N) is 1. The minimum atomic E-state index is -0.872. The van der Waals surface area contributed by atoms with Gasteiger partial charge in [-0.05, 0) is 59.7 Å². The van der Waals surface area contributed by atoms with Crippen LogP contribution < -0.4 is 10.2 Å². The van der Waals surface area contributed by atoms with E-state index in [1.807, 2.05) is 54.6 Å². The lowest BCUT2D eigenvalue weighted by molar-refractivity contribution is -0.160. The van der Waals surface area contributed by atoms with Crippen LogP contribution in [-0.4, -0.2) is 75.9 Å². The standard InChI is InChI=1S/C40H49N5O5/c1-4-6-8-17-37(47)42(3)33-16-11-15-32(22-33)26-43-28-36-44(40(50)41-25-30-13-9-7-10-14-30)27-31(12-5-2)24-38(48)45(36)35(39(43)49)23-29-18-20-34(46)21-19-29/h5,7,9-11,13-16,18-22,31,35-36,46H,2,4,6,8,12,17,23-28H2,1,3H3,(H,41,50)/t31?,35-,36+/m0/s1. The number of phenolic OH excluding ortho intramolecular Hbond substituents is 1. The van der Waals surface area contributed by atoms with Gasteiger partial charge in [0.15, 0.2) is 0 Å². The van der Waals surface area contributed by atoms with Crippen molar-refractivity contribution in [2.24, 2.45) is 5.92 Å². The molecule has 0 spiro atoms. The lowest BCUT2D eigenvalue weighted by Crippen LogP contribution is -2.68. The topological polar surface area (TPSA) is 114 Å². The molecule has 2 heterocycles. The van der Waals surface area contributed by atoms with Gasteiger partial charge in [-0.25, -0.2) is 4.79 Å². The first-order valence-corrected chi connectivity index (χ1v) is 17.6. The highest BCUT2D eigenvalue weighted by Crippen LogP contribution is 2.31. The number of urea groups is 1. The lowest BCUT2D eigenvalue weighted by atomic mass is 9.97. The predicted octanol–water partition coefficient (Wildman–Crippen LogP) is 5.85. The van der Waals surface area contributed by atoms with Crippen molar-refractivity contribution >= 4 is 29.4 Å². The Labute approximate surface area is 295 Å². The first kappa shape index (κ1) is 36.2. The van der Waals surface area contributed by atoms with Crippen LogP contribution in [0.3, 0.4) is 0 Å². The number of benzene rings is 3. The molecule has 2 aliphatic heterocycles. The Morgan fingerprint density at radius 3 is 2.42 bits per heavy atom. The molecule has 3 atom stereocenters. The highest BCUT2D eigenvalue weighted by molar-refractivity contribution is 5.93. The summed E-state index contributed by atoms with van der Waals surface area (Å²) in [5.41, 5.74) is 3.32. The van der Waals surface area contributed by atoms with Gasteiger partial charge in [0.1, 0.15) is 18.0 Å². The molecule has 2 aliphatic rings. The molecule has 1 unspecified atom stereocenters. The van der Waals surface area contributed by atoms with Crippen molar-refractivity contribution in [1.29, 1.82) is 0 Å². The quantitative estimate of drug-likeness (QED) is 0.174. The molecule has 0 bridgehead atoms. The van der Waals surface area contributed by atoms with Crippen molar-refractivity contribution in [1.82, 2.24) is 20.0 Å². The van der Waals surface area contributed by atoms with Crippen LogP contribution in [0.25, 0.3) is 0 Å². The van der Waals surface area contributed by atoms with E-state index >= 15 is 0 Å². The van der Waals surface area contributed by atoms with E-state index < -0.39 is 12.2 Å². The minimum Gasteiger partial charge on any atom is -0.508 e. The monoisotopic (exact) mass is 679 g/mol. The number of aromatic hydroxyl groups is 1. The summed E-state index contributed by atoms with van der Waals surface area (Å²) in [5.74, 6) is -0.409. The molecule has 2 N–H and O–H groups in total. The third kappa shape index (κ3) is 8.91. The molecule has 2 fully saturated rings. The second-order valence-corrected chi connectivity index (χ2v) is 13.4. The summed E-state index contributed by atoms with van der Waals surface area (Å²) in [6, 6.07) is 22.7. The number of fused-ring (bicyclic) bond motifs is 1. The van der Waals surface area contributed by atoms with Gasteiger partial charge < -0.3 is 30.0 Å². The Bertz CT molecular complexity index is 1650. The number of carbonyl (C=O) groups is 4. The van der Waals surface area contributed by atoms with Crippen molar-refractivity contribution in [2.45, 2.75) is 77.2 Å². The maximum atomic E-state index is 14.5. The number of hydrogen-bond acceptors (Lipinski definition) is 5. The number of amides is 5. The summed E-state index contributed by atoms with van der Waals surface area (Å²) in [7, 11) is 1.77. The molecule has 0 aliphatic carbocycles. The van der Waals surface area contributed by atoms with Gasteiger partial charge >= 0.3 is 6.03 Å². The zero-order valence-corrected chi connectivity index (χ0v) is 29.2. The van der Waals surface area contributed by atoms with Crippen LogP contribution in [0.5, 0.6) is 5.75 Å². The molecule has 0 aromatic heterocycles. The molecule has 3 aromatic carbocycles. The van der Waals surface area contributed by atoms with Gasteiger partial charge in [0.05, 0.1) is 6.54 Å². The number of unbranched alkanes of at least 4 members (excludes halogenated alkanes) is 2. The minimum absolute atomic E-state index is 0.0393. The fraction of sp³-hybridized carbons (Fsp3) is 0.400. The largest absolute Gasteiger partial charge is 0.508 e. The Morgan fingerprint density at radius 2 is 1.70 bits per heavy atom. The number of allylic oxidation sites excluding steroid dienone is 1. The van der Waals surface area contributed by atoms with Gasteiger partial charge in [-0.3, -0.25) is 14.4 Å². The van der Waals surface area contributed by atoms with Crippen molar-refractivity contribution in [3.8, 4) is 5.75 Å². The van der Waals surface area contributed by atoms with Crippen LogP contribution in [0.1, 0.15) is 62.1 Å². The molecule has 2 saturated heterocycles. The molecule has 10 heteroatoms. The van der Waals surface area contributed by atoms with E-state index in [-0.39, 0.29) is 61.4 Å². The number of nitrogens with zero attached hydrogens (tertiary/aromatic N) is 4. The van der Waals surface area contributed by atoms with Crippen LogP contribution in [0.15, 0.2) is 91.5 Å². The maximum absolute atomic E-state index is 14.5. The van der Waals surface area contributed by atoms with E-state index in [1.165, 1.54) is 0 Å². The third-order valence-electron chi connectivity index (χ3n) is 9.66. The van der Waals surface area contributed by atoms with Crippen LogP contribution >= 0.6 is 0 Å². The highest BCUT2D eigenvalue weighted by atomic mass is 16.3. The number of carbonyl (C=O) groups excluding carboxylic acids is 4. The molecule has 264 valence electrons. The zero-order valence-electron chi connectivity index (χ0n) is 29.2. The van der Waals surface area contributed by atoms with Crippen LogP contribution in [-0.2, 0) is 33.9 Å². The van der Waals surface area contributed by atoms with Crippen molar-refractivity contribution in [3.05, 3.63) is 108 Å². The zero-order chi connectivity index (χ0) is 35.6. The number of phenols is 1. The first-order chi connectivity index (χ1) is 24.2. The Balaban J connectivity index is 1.47. The fourth-order valence-corrected chi connectivity index (χ4v) is 6.91. The van der Waals surface area contributed by atoms with E-state index in [2.05, 4.69) is 18.8 Å². The van der Waals surface area contributed by atoms with Gasteiger partial charge in [-0.1, -0.05) is 80.4 Å². The number of hydrogen-bond donors (Lipinski definition) is 2. The van der Waals surface area contributed by atoms with Gasteiger partial charge in [-0.15, -0.1) is 6.58 Å². The van der Waals surface area contributed by atoms with Gasteiger partial charge in [0.25, 0.3) is 0 Å². The van der Waals surface area contributed by atoms with E-state index in [0.29, 0.717) is 25.9 Å². The fourth-order valence-electron chi connectivity index (χ4n) is 6.91. The molecule has 5 rings (SSSR count). The Hall–Kier alpha value is -5.12. The summed E-state index contributed by atoms with van der Waals surface area (Å²) in [6.07, 6.45) is 5.36. The molecule has 10 nitrogen and oxygen atoms in total. The van der Waals surface area contributed by atoms with E-state index in [4.69, 9.17) is 0 Å². The average molecular weight is 680 g/mol. The lowest BCUT2D eigenvalue weighted by Gasteiger charge is -2.48. The Morgan fingerprint density at radius 1 is 0.960 bits per heavy atom. The van der Waals surface area contributed by atoms with E-state index in [1.54, 1.807) is 57.0 Å². The summed E-state index contributed by atoms with van der Waals surface area (Å²) < 4.78 is 0. The smallest absolute Gasteiger partial charge is 0.319 e. The van der Waals surface area contributed by atoms with Crippen molar-refractivity contribution in [3.63, 3.8) is 0 Å². The first-order valence-electron chi connectivity index (χ1n) is 17.6.